The molecule has 1 aromatic rings. The molecule has 2 fully saturated rings. The summed E-state index contributed by atoms with van der Waals surface area (Å²) in [6, 6.07) is 5.33. The lowest BCUT2D eigenvalue weighted by atomic mass is 10.0. The van der Waals surface area contributed by atoms with Gasteiger partial charge in [-0.15, -0.1) is 0 Å². The van der Waals surface area contributed by atoms with E-state index in [1.807, 2.05) is 36.6 Å². The lowest BCUT2D eigenvalue weighted by Gasteiger charge is -2.34. The second-order valence-corrected chi connectivity index (χ2v) is 11.9. The fraction of sp³-hybridized carbons (Fsp3) is 0.630. The number of hydrogen-bond acceptors (Lipinski definition) is 7. The summed E-state index contributed by atoms with van der Waals surface area (Å²) in [5, 5.41) is 0.737. The number of carbonyl (C=O) groups excluding carboxylic acids is 3. The summed E-state index contributed by atoms with van der Waals surface area (Å²) in [6.45, 7) is 11.5. The van der Waals surface area contributed by atoms with E-state index in [-0.39, 0.29) is 23.7 Å². The predicted molar refractivity (Wildman–Crippen MR) is 151 cm³/mol. The number of fused-ring (bicyclic) bond motifs is 1. The van der Waals surface area contributed by atoms with Crippen LogP contribution in [-0.4, -0.2) is 87.5 Å². The predicted octanol–water partition coefficient (Wildman–Crippen LogP) is 4.51. The van der Waals surface area contributed by atoms with Gasteiger partial charge in [0, 0.05) is 38.3 Å². The van der Waals surface area contributed by atoms with E-state index in [0.717, 1.165) is 69.8 Å². The van der Waals surface area contributed by atoms with Crippen LogP contribution in [0.3, 0.4) is 0 Å². The zero-order valence-corrected chi connectivity index (χ0v) is 23.8. The number of ether oxygens (including phenoxy) is 1. The van der Waals surface area contributed by atoms with Crippen LogP contribution in [0.2, 0.25) is 0 Å². The van der Waals surface area contributed by atoms with Gasteiger partial charge < -0.3 is 14.5 Å². The van der Waals surface area contributed by atoms with E-state index in [2.05, 4.69) is 4.90 Å². The van der Waals surface area contributed by atoms with Gasteiger partial charge in [0.2, 0.25) is 0 Å². The van der Waals surface area contributed by atoms with Crippen molar-refractivity contribution in [2.75, 3.05) is 49.9 Å². The topological polar surface area (TPSA) is 73.4 Å². The van der Waals surface area contributed by atoms with Crippen molar-refractivity contribution in [3.05, 3.63) is 29.3 Å². The Morgan fingerprint density at radius 1 is 1.03 bits per heavy atom. The second-order valence-electron chi connectivity index (χ2n) is 10.3. The van der Waals surface area contributed by atoms with Crippen LogP contribution in [0.5, 0.6) is 0 Å². The highest BCUT2D eigenvalue weighted by molar-refractivity contribution is 8.13. The van der Waals surface area contributed by atoms with E-state index in [1.165, 1.54) is 24.6 Å². The molecule has 0 saturated carbocycles. The first-order valence-corrected chi connectivity index (χ1v) is 14.7. The number of rotatable bonds is 10. The zero-order valence-electron chi connectivity index (χ0n) is 22.2. The molecule has 37 heavy (non-hydrogen) atoms. The van der Waals surface area contributed by atoms with Gasteiger partial charge in [-0.2, -0.15) is 0 Å². The maximum atomic E-state index is 13.3. The number of thiocarbonyl (C=S) groups is 1. The number of unbranched alkanes of at least 4 members (excludes halogenated alkanes) is 4. The van der Waals surface area contributed by atoms with E-state index in [0.29, 0.717) is 16.4 Å². The highest BCUT2D eigenvalue weighted by Gasteiger charge is 2.49. The van der Waals surface area contributed by atoms with E-state index in [4.69, 9.17) is 17.0 Å². The summed E-state index contributed by atoms with van der Waals surface area (Å²) in [5.41, 5.74) is 1.33. The first kappa shape index (κ1) is 27.9. The first-order chi connectivity index (χ1) is 17.7. The monoisotopic (exact) mass is 546 g/mol. The van der Waals surface area contributed by atoms with Gasteiger partial charge in [-0.3, -0.25) is 19.4 Å². The van der Waals surface area contributed by atoms with Crippen LogP contribution in [0.25, 0.3) is 0 Å². The van der Waals surface area contributed by atoms with Crippen molar-refractivity contribution >= 4 is 51.9 Å². The molecule has 3 aliphatic heterocycles. The van der Waals surface area contributed by atoms with Gasteiger partial charge in [0.05, 0.1) is 11.3 Å². The molecule has 0 aliphatic carbocycles. The number of piperazine rings is 1. The maximum absolute atomic E-state index is 13.3. The molecular weight excluding hydrogens is 508 g/mol. The van der Waals surface area contributed by atoms with Crippen molar-refractivity contribution in [1.29, 1.82) is 0 Å². The summed E-state index contributed by atoms with van der Waals surface area (Å²) in [4.78, 5) is 45.2. The minimum absolute atomic E-state index is 0.0437. The van der Waals surface area contributed by atoms with Crippen LogP contribution in [-0.2, 0) is 16.1 Å². The van der Waals surface area contributed by atoms with Gasteiger partial charge in [-0.25, -0.2) is 4.79 Å². The molecule has 2 amide bonds. The molecule has 0 N–H and O–H groups in total. The van der Waals surface area contributed by atoms with Gasteiger partial charge >= 0.3 is 5.97 Å². The molecule has 1 aromatic carbocycles. The third kappa shape index (κ3) is 6.12. The third-order valence-electron chi connectivity index (χ3n) is 7.50. The maximum Gasteiger partial charge on any atom is 0.338 e. The molecular formula is C27H38N4O4S2. The molecule has 2 saturated heterocycles. The molecule has 3 aliphatic rings. The fourth-order valence-corrected chi connectivity index (χ4v) is 6.32. The lowest BCUT2D eigenvalue weighted by molar-refractivity contribution is -0.123. The Kier molecular flexibility index (Phi) is 9.13. The quantitative estimate of drug-likeness (QED) is 0.241. The number of esters is 1. The van der Waals surface area contributed by atoms with Crippen LogP contribution in [0.1, 0.15) is 68.8 Å². The Balaban J connectivity index is 1.18. The van der Waals surface area contributed by atoms with Crippen LogP contribution >= 0.6 is 24.0 Å². The van der Waals surface area contributed by atoms with Gasteiger partial charge in [-0.05, 0) is 69.4 Å². The SMILES string of the molecule is CCSC(=O)N1CCN(CCCCCCCN2C(=S)N(c3ccc4c(c3)COC4=O)C(=O)C2(C)C)CC1. The van der Waals surface area contributed by atoms with E-state index in [1.54, 1.807) is 17.0 Å². The molecule has 3 heterocycles. The summed E-state index contributed by atoms with van der Waals surface area (Å²) in [6.07, 6.45) is 5.58. The van der Waals surface area contributed by atoms with Crippen molar-refractivity contribution in [3.63, 3.8) is 0 Å². The smallest absolute Gasteiger partial charge is 0.338 e. The molecule has 8 nitrogen and oxygen atoms in total. The van der Waals surface area contributed by atoms with Crippen molar-refractivity contribution in [2.24, 2.45) is 0 Å². The molecule has 0 aromatic heterocycles. The molecule has 0 radical (unpaired) electrons. The molecule has 202 valence electrons. The number of hydrogen-bond donors (Lipinski definition) is 0. The second kappa shape index (κ2) is 12.1. The number of cyclic esters (lactones) is 1. The van der Waals surface area contributed by atoms with E-state index < -0.39 is 5.54 Å². The van der Waals surface area contributed by atoms with E-state index in [9.17, 15) is 14.4 Å². The summed E-state index contributed by atoms with van der Waals surface area (Å²) in [5.74, 6) is 0.472. The molecule has 0 unspecified atom stereocenters. The number of carbonyl (C=O) groups is 3. The molecule has 0 spiro atoms. The minimum atomic E-state index is -0.707. The standard InChI is InChI=1S/C27H38N4O4S2/c1-4-37-26(34)29-16-14-28(15-17-29)12-8-6-5-7-9-13-30-25(36)31(24(33)27(30,2)3)21-10-11-22-20(18-21)19-35-23(22)32/h10-11,18H,4-9,12-17,19H2,1-3H3. The van der Waals surface area contributed by atoms with Crippen molar-refractivity contribution < 1.29 is 19.1 Å². The highest BCUT2D eigenvalue weighted by atomic mass is 32.2. The van der Waals surface area contributed by atoms with Crippen LogP contribution in [0.4, 0.5) is 10.5 Å². The molecule has 0 atom stereocenters. The average Bonchev–Trinajstić information content (AvgIpc) is 3.33. The van der Waals surface area contributed by atoms with Crippen LogP contribution in [0.15, 0.2) is 18.2 Å². The van der Waals surface area contributed by atoms with E-state index >= 15 is 0 Å². The molecule has 0 bridgehead atoms. The van der Waals surface area contributed by atoms with Gasteiger partial charge in [0.1, 0.15) is 12.1 Å². The lowest BCUT2D eigenvalue weighted by Crippen LogP contribution is -2.47. The Morgan fingerprint density at radius 3 is 2.41 bits per heavy atom. The zero-order chi connectivity index (χ0) is 26.6. The van der Waals surface area contributed by atoms with Gasteiger partial charge in [-0.1, -0.05) is 37.9 Å². The van der Waals surface area contributed by atoms with Crippen molar-refractivity contribution in [3.8, 4) is 0 Å². The normalized spacial score (nSPS) is 19.5. The van der Waals surface area contributed by atoms with Crippen molar-refractivity contribution in [1.82, 2.24) is 14.7 Å². The number of thioether (sulfide) groups is 1. The molecule has 10 heteroatoms. The number of anilines is 1. The summed E-state index contributed by atoms with van der Waals surface area (Å²) in [7, 11) is 0. The van der Waals surface area contributed by atoms with Gasteiger partial charge in [0.25, 0.3) is 11.1 Å². The Labute approximate surface area is 229 Å². The van der Waals surface area contributed by atoms with Crippen LogP contribution in [0, 0.1) is 0 Å². The third-order valence-corrected chi connectivity index (χ3v) is 8.70. The fourth-order valence-electron chi connectivity index (χ4n) is 5.20. The Hall–Kier alpha value is -2.17. The first-order valence-electron chi connectivity index (χ1n) is 13.3. The number of amides is 2. The summed E-state index contributed by atoms with van der Waals surface area (Å²) < 4.78 is 5.10. The number of benzene rings is 1. The van der Waals surface area contributed by atoms with Crippen molar-refractivity contribution in [2.45, 2.75) is 65.0 Å². The molecule has 4 rings (SSSR count). The minimum Gasteiger partial charge on any atom is -0.457 e. The van der Waals surface area contributed by atoms with Crippen LogP contribution < -0.4 is 4.90 Å². The number of nitrogens with zero attached hydrogens (tertiary/aromatic N) is 4. The summed E-state index contributed by atoms with van der Waals surface area (Å²) >= 11 is 7.15. The Morgan fingerprint density at radius 2 is 1.70 bits per heavy atom. The van der Waals surface area contributed by atoms with Gasteiger partial charge in [0.15, 0.2) is 5.11 Å². The Bertz CT molecular complexity index is 1040. The highest BCUT2D eigenvalue weighted by Crippen LogP contribution is 2.34. The average molecular weight is 547 g/mol. The largest absolute Gasteiger partial charge is 0.457 e.